The van der Waals surface area contributed by atoms with Crippen LogP contribution in [-0.2, 0) is 0 Å². The summed E-state index contributed by atoms with van der Waals surface area (Å²) in [5, 5.41) is 0. The van der Waals surface area contributed by atoms with Crippen LogP contribution < -0.4 is 9.64 Å². The fourth-order valence-corrected chi connectivity index (χ4v) is 3.55. The molecule has 1 saturated heterocycles. The molecule has 0 atom stereocenters. The summed E-state index contributed by atoms with van der Waals surface area (Å²) in [6.45, 7) is 3.84. The van der Waals surface area contributed by atoms with E-state index >= 15 is 0 Å². The summed E-state index contributed by atoms with van der Waals surface area (Å²) in [6, 6.07) is 3.65. The maximum absolute atomic E-state index is 12.2. The lowest BCUT2D eigenvalue weighted by Crippen LogP contribution is -2.37. The molecule has 1 aromatic heterocycles. The van der Waals surface area contributed by atoms with Crippen LogP contribution in [0.3, 0.4) is 0 Å². The Bertz CT molecular complexity index is 500. The first-order valence-electron chi connectivity index (χ1n) is 8.22. The summed E-state index contributed by atoms with van der Waals surface area (Å²) in [5.41, 5.74) is 0. The molecule has 23 heavy (non-hydrogen) atoms. The number of anilines is 1. The lowest BCUT2D eigenvalue weighted by atomic mass is 10.2. The van der Waals surface area contributed by atoms with Crippen LogP contribution in [0.15, 0.2) is 18.3 Å². The van der Waals surface area contributed by atoms with Crippen LogP contribution in [0, 0.1) is 0 Å². The number of alkyl halides is 3. The van der Waals surface area contributed by atoms with E-state index in [1.54, 1.807) is 6.07 Å². The van der Waals surface area contributed by atoms with Gasteiger partial charge in [0, 0.05) is 32.2 Å². The van der Waals surface area contributed by atoms with Crippen LogP contribution in [0.5, 0.6) is 5.75 Å². The number of aromatic nitrogens is 1. The second kappa shape index (κ2) is 6.95. The second-order valence-corrected chi connectivity index (χ2v) is 6.21. The molecular weight excluding hydrogens is 307 g/mol. The van der Waals surface area contributed by atoms with Crippen LogP contribution in [0.4, 0.5) is 19.0 Å². The van der Waals surface area contributed by atoms with Gasteiger partial charge < -0.3 is 9.64 Å². The summed E-state index contributed by atoms with van der Waals surface area (Å²) in [6.07, 6.45) is 2.76. The highest BCUT2D eigenvalue weighted by molar-refractivity contribution is 5.41. The van der Waals surface area contributed by atoms with Gasteiger partial charge in [0.25, 0.3) is 0 Å². The van der Waals surface area contributed by atoms with E-state index in [4.69, 9.17) is 0 Å². The highest BCUT2D eigenvalue weighted by Gasteiger charge is 2.31. The van der Waals surface area contributed by atoms with Gasteiger partial charge in [-0.3, -0.25) is 4.90 Å². The molecule has 0 unspecified atom stereocenters. The van der Waals surface area contributed by atoms with Crippen molar-refractivity contribution < 1.29 is 17.9 Å². The molecule has 3 rings (SSSR count). The normalized spacial score (nSPS) is 21.4. The van der Waals surface area contributed by atoms with Gasteiger partial charge in [-0.15, -0.1) is 13.2 Å². The first kappa shape index (κ1) is 16.4. The van der Waals surface area contributed by atoms with Gasteiger partial charge >= 0.3 is 6.36 Å². The predicted octanol–water partition coefficient (Wildman–Crippen LogP) is 3.43. The molecule has 1 saturated carbocycles. The average molecular weight is 329 g/mol. The summed E-state index contributed by atoms with van der Waals surface area (Å²) in [4.78, 5) is 8.84. The van der Waals surface area contributed by atoms with Crippen molar-refractivity contribution in [2.75, 3.05) is 31.1 Å². The van der Waals surface area contributed by atoms with Crippen LogP contribution in [0.2, 0.25) is 0 Å². The Hall–Kier alpha value is -1.50. The molecule has 2 aliphatic rings. The highest BCUT2D eigenvalue weighted by atomic mass is 19.4. The fraction of sp³-hybridized carbons (Fsp3) is 0.688. The largest absolute Gasteiger partial charge is 0.573 e. The zero-order valence-corrected chi connectivity index (χ0v) is 13.1. The minimum absolute atomic E-state index is 0.274. The van der Waals surface area contributed by atoms with Crippen molar-refractivity contribution in [2.45, 2.75) is 44.5 Å². The molecule has 128 valence electrons. The van der Waals surface area contributed by atoms with Crippen molar-refractivity contribution in [2.24, 2.45) is 0 Å². The molecule has 0 N–H and O–H groups in total. The number of hydrogen-bond acceptors (Lipinski definition) is 4. The smallest absolute Gasteiger partial charge is 0.404 e. The maximum atomic E-state index is 12.2. The van der Waals surface area contributed by atoms with E-state index in [0.717, 1.165) is 38.8 Å². The Morgan fingerprint density at radius 2 is 1.78 bits per heavy atom. The predicted molar refractivity (Wildman–Crippen MR) is 81.6 cm³/mol. The van der Waals surface area contributed by atoms with Crippen LogP contribution in [0.1, 0.15) is 32.1 Å². The second-order valence-electron chi connectivity index (χ2n) is 6.21. The lowest BCUT2D eigenvalue weighted by molar-refractivity contribution is -0.274. The Kier molecular flexibility index (Phi) is 4.94. The molecule has 1 aliphatic carbocycles. The molecule has 0 bridgehead atoms. The zero-order valence-electron chi connectivity index (χ0n) is 13.1. The minimum Gasteiger partial charge on any atom is -0.404 e. The molecule has 2 heterocycles. The molecule has 0 aromatic carbocycles. The van der Waals surface area contributed by atoms with Gasteiger partial charge in [0.15, 0.2) is 0 Å². The van der Waals surface area contributed by atoms with E-state index in [-0.39, 0.29) is 5.75 Å². The Balaban J connectivity index is 1.58. The van der Waals surface area contributed by atoms with Crippen molar-refractivity contribution in [3.63, 3.8) is 0 Å². The summed E-state index contributed by atoms with van der Waals surface area (Å²) >= 11 is 0. The van der Waals surface area contributed by atoms with Gasteiger partial charge in [0.1, 0.15) is 11.6 Å². The van der Waals surface area contributed by atoms with E-state index in [9.17, 15) is 13.2 Å². The van der Waals surface area contributed by atoms with Gasteiger partial charge in [-0.25, -0.2) is 4.98 Å². The number of nitrogens with zero attached hydrogens (tertiary/aromatic N) is 3. The molecule has 7 heteroatoms. The number of pyridine rings is 1. The van der Waals surface area contributed by atoms with E-state index in [2.05, 4.69) is 19.5 Å². The Labute approximate surface area is 134 Å². The molecule has 1 aromatic rings. The molecule has 0 spiro atoms. The van der Waals surface area contributed by atoms with Crippen LogP contribution >= 0.6 is 0 Å². The lowest BCUT2D eigenvalue weighted by Gasteiger charge is -2.27. The summed E-state index contributed by atoms with van der Waals surface area (Å²) in [7, 11) is 0. The first-order chi connectivity index (χ1) is 11.0. The van der Waals surface area contributed by atoms with Gasteiger partial charge in [0.2, 0.25) is 0 Å². The fourth-order valence-electron chi connectivity index (χ4n) is 3.55. The minimum atomic E-state index is -4.67. The zero-order chi connectivity index (χ0) is 16.3. The number of hydrogen-bond donors (Lipinski definition) is 0. The van der Waals surface area contributed by atoms with Gasteiger partial charge in [0.05, 0.1) is 6.20 Å². The third-order valence-electron chi connectivity index (χ3n) is 4.65. The summed E-state index contributed by atoms with van der Waals surface area (Å²) < 4.78 is 40.4. The van der Waals surface area contributed by atoms with E-state index in [1.807, 2.05) is 0 Å². The van der Waals surface area contributed by atoms with Gasteiger partial charge in [-0.2, -0.15) is 0 Å². The maximum Gasteiger partial charge on any atom is 0.573 e. The number of ether oxygens (including phenoxy) is 1. The van der Waals surface area contributed by atoms with Gasteiger partial charge in [-0.05, 0) is 31.4 Å². The SMILES string of the molecule is FC(F)(F)Oc1ccc(N2CCCN(C3CCCC3)CC2)nc1. The standard InChI is InChI=1S/C16H22F3N3O/c17-16(18,19)23-14-6-7-15(20-12-14)22-9-3-8-21(10-11-22)13-4-1-2-5-13/h6-7,12-13H,1-5,8-11H2. The van der Waals surface area contributed by atoms with Crippen molar-refractivity contribution in [1.82, 2.24) is 9.88 Å². The quantitative estimate of drug-likeness (QED) is 0.849. The van der Waals surface area contributed by atoms with Crippen LogP contribution in [0.25, 0.3) is 0 Å². The van der Waals surface area contributed by atoms with Crippen molar-refractivity contribution in [3.05, 3.63) is 18.3 Å². The van der Waals surface area contributed by atoms with E-state index in [0.29, 0.717) is 11.9 Å². The number of rotatable bonds is 3. The molecule has 0 amide bonds. The van der Waals surface area contributed by atoms with Crippen molar-refractivity contribution in [3.8, 4) is 5.75 Å². The molecule has 0 radical (unpaired) electrons. The molecule has 4 nitrogen and oxygen atoms in total. The Morgan fingerprint density at radius 1 is 1.00 bits per heavy atom. The summed E-state index contributed by atoms with van der Waals surface area (Å²) in [5.74, 6) is 0.441. The van der Waals surface area contributed by atoms with E-state index in [1.165, 1.54) is 31.7 Å². The highest BCUT2D eigenvalue weighted by Crippen LogP contribution is 2.26. The monoisotopic (exact) mass is 329 g/mol. The Morgan fingerprint density at radius 3 is 2.43 bits per heavy atom. The van der Waals surface area contributed by atoms with Crippen molar-refractivity contribution >= 4 is 5.82 Å². The molecular formula is C16H22F3N3O. The van der Waals surface area contributed by atoms with Gasteiger partial charge in [-0.1, -0.05) is 12.8 Å². The molecule has 1 aliphatic heterocycles. The first-order valence-corrected chi connectivity index (χ1v) is 8.22. The average Bonchev–Trinajstić information content (AvgIpc) is 2.92. The van der Waals surface area contributed by atoms with Crippen LogP contribution in [-0.4, -0.2) is 48.5 Å². The topological polar surface area (TPSA) is 28.6 Å². The van der Waals surface area contributed by atoms with Crippen molar-refractivity contribution in [1.29, 1.82) is 0 Å². The number of halogens is 3. The third kappa shape index (κ3) is 4.50. The van der Waals surface area contributed by atoms with E-state index < -0.39 is 6.36 Å². The molecule has 2 fully saturated rings. The third-order valence-corrected chi connectivity index (χ3v) is 4.65.